The molecule has 2 saturated heterocycles. The molecule has 1 amide bonds. The number of halogens is 1. The van der Waals surface area contributed by atoms with E-state index in [1.165, 1.54) is 19.3 Å². The van der Waals surface area contributed by atoms with E-state index < -0.39 is 0 Å². The fourth-order valence-corrected chi connectivity index (χ4v) is 4.64. The maximum Gasteiger partial charge on any atom is 0.253 e. The van der Waals surface area contributed by atoms with Crippen molar-refractivity contribution in [3.8, 4) is 0 Å². The molecule has 0 saturated carbocycles. The summed E-state index contributed by atoms with van der Waals surface area (Å²) in [5.41, 5.74) is 0.759. The predicted molar refractivity (Wildman–Crippen MR) is 125 cm³/mol. The molecule has 1 aromatic heterocycles. The number of carbonyl (C=O) groups excluding carboxylic acids is 1. The van der Waals surface area contributed by atoms with Crippen LogP contribution in [-0.2, 0) is 0 Å². The minimum Gasteiger partial charge on any atom is -0.352 e. The van der Waals surface area contributed by atoms with E-state index >= 15 is 0 Å². The summed E-state index contributed by atoms with van der Waals surface area (Å²) in [4.78, 5) is 19.3. The number of piperidine rings is 1. The lowest BCUT2D eigenvalue weighted by atomic mass is 10.0. The highest BCUT2D eigenvalue weighted by Gasteiger charge is 2.25. The normalized spacial score (nSPS) is 20.1. The Balaban J connectivity index is 1.36. The summed E-state index contributed by atoms with van der Waals surface area (Å²) in [6.07, 6.45) is 4.94. The third-order valence-electron chi connectivity index (χ3n) is 6.01. The molecule has 0 spiro atoms. The molecule has 2 fully saturated rings. The molecule has 1 aromatic carbocycles. The number of rotatable bonds is 4. The molecule has 0 radical (unpaired) electrons. The number of aromatic nitrogens is 2. The maximum atomic E-state index is 12.7. The second-order valence-corrected chi connectivity index (χ2v) is 9.03. The first kappa shape index (κ1) is 20.4. The topological polar surface area (TPSA) is 52.6 Å². The highest BCUT2D eigenvalue weighted by Crippen LogP contribution is 2.25. The lowest BCUT2D eigenvalue weighted by molar-refractivity contribution is 0.0746. The number of hydrogen-bond acceptors (Lipinski definition) is 5. The maximum absolute atomic E-state index is 12.7. The number of carbonyl (C=O) groups is 1. The smallest absolute Gasteiger partial charge is 0.253 e. The van der Waals surface area contributed by atoms with Crippen LogP contribution in [0.1, 0.15) is 43.0 Å². The molecule has 0 N–H and O–H groups in total. The van der Waals surface area contributed by atoms with Gasteiger partial charge >= 0.3 is 0 Å². The van der Waals surface area contributed by atoms with Crippen LogP contribution in [-0.4, -0.2) is 59.8 Å². The fourth-order valence-electron chi connectivity index (χ4n) is 4.28. The van der Waals surface area contributed by atoms with Gasteiger partial charge in [0.15, 0.2) is 11.6 Å². The molecule has 2 aromatic rings. The van der Waals surface area contributed by atoms with Crippen molar-refractivity contribution in [2.75, 3.05) is 42.5 Å². The van der Waals surface area contributed by atoms with Gasteiger partial charge in [0.05, 0.1) is 0 Å². The third kappa shape index (κ3) is 4.65. The number of benzene rings is 1. The zero-order chi connectivity index (χ0) is 20.2. The molecule has 0 bridgehead atoms. The molecule has 2 aliphatic heterocycles. The summed E-state index contributed by atoms with van der Waals surface area (Å²) < 4.78 is 1.14. The molecule has 7 heteroatoms. The van der Waals surface area contributed by atoms with Crippen molar-refractivity contribution in [3.05, 3.63) is 45.5 Å². The average Bonchev–Trinajstić information content (AvgIpc) is 2.79. The minimum atomic E-state index is 0.109. The largest absolute Gasteiger partial charge is 0.352 e. The molecule has 3 heterocycles. The molecule has 4 rings (SSSR count). The molecule has 1 atom stereocenters. The summed E-state index contributed by atoms with van der Waals surface area (Å²) in [5.74, 6) is 2.01. The van der Waals surface area contributed by atoms with Gasteiger partial charge in [-0.3, -0.25) is 4.79 Å². The van der Waals surface area contributed by atoms with E-state index in [0.29, 0.717) is 19.1 Å². The molecule has 29 heavy (non-hydrogen) atoms. The molecule has 1 unspecified atom stereocenters. The van der Waals surface area contributed by atoms with Gasteiger partial charge < -0.3 is 14.7 Å². The summed E-state index contributed by atoms with van der Waals surface area (Å²) in [6.45, 7) is 6.31. The summed E-state index contributed by atoms with van der Waals surface area (Å²) in [6, 6.07) is 12.5. The summed E-state index contributed by atoms with van der Waals surface area (Å²) in [7, 11) is 0. The van der Waals surface area contributed by atoms with Gasteiger partial charge in [-0.25, -0.2) is 0 Å². The van der Waals surface area contributed by atoms with Crippen molar-refractivity contribution >= 4 is 40.1 Å². The molecular weight excluding hydrogens is 477 g/mol. The Labute approximate surface area is 186 Å². The quantitative estimate of drug-likeness (QED) is 0.592. The standard InChI is InChI=1S/C22H28IN5O/c1-2-19-5-3-4-12-28(19)21-11-10-20(24-25-21)26-13-15-27(16-14-26)22(29)17-6-8-18(23)9-7-17/h6-11,19H,2-5,12-16H2,1H3. The van der Waals surface area contributed by atoms with Crippen LogP contribution < -0.4 is 9.80 Å². The Hall–Kier alpha value is -1.90. The number of amides is 1. The van der Waals surface area contributed by atoms with Gasteiger partial charge in [-0.05, 0) is 84.7 Å². The fraction of sp³-hybridized carbons (Fsp3) is 0.500. The van der Waals surface area contributed by atoms with Crippen LogP contribution in [0.5, 0.6) is 0 Å². The Morgan fingerprint density at radius 3 is 2.31 bits per heavy atom. The van der Waals surface area contributed by atoms with Crippen LogP contribution in [0, 0.1) is 3.57 Å². The average molecular weight is 505 g/mol. The number of nitrogens with zero attached hydrogens (tertiary/aromatic N) is 5. The van der Waals surface area contributed by atoms with Crippen LogP contribution >= 0.6 is 22.6 Å². The Morgan fingerprint density at radius 2 is 1.66 bits per heavy atom. The van der Waals surface area contributed by atoms with Gasteiger partial charge in [-0.1, -0.05) is 6.92 Å². The Morgan fingerprint density at radius 1 is 0.966 bits per heavy atom. The van der Waals surface area contributed by atoms with Gasteiger partial charge in [0.2, 0.25) is 0 Å². The first-order valence-electron chi connectivity index (χ1n) is 10.6. The van der Waals surface area contributed by atoms with Gasteiger partial charge in [0, 0.05) is 47.9 Å². The van der Waals surface area contributed by atoms with E-state index in [9.17, 15) is 4.79 Å². The van der Waals surface area contributed by atoms with Crippen molar-refractivity contribution < 1.29 is 4.79 Å². The second-order valence-electron chi connectivity index (χ2n) is 7.79. The van der Waals surface area contributed by atoms with E-state index in [-0.39, 0.29) is 5.91 Å². The van der Waals surface area contributed by atoms with Crippen molar-refractivity contribution in [3.63, 3.8) is 0 Å². The lowest BCUT2D eigenvalue weighted by Crippen LogP contribution is -2.49. The van der Waals surface area contributed by atoms with Gasteiger partial charge in [0.1, 0.15) is 0 Å². The molecule has 2 aliphatic rings. The zero-order valence-corrected chi connectivity index (χ0v) is 19.1. The van der Waals surface area contributed by atoms with E-state index in [0.717, 1.165) is 46.8 Å². The lowest BCUT2D eigenvalue weighted by Gasteiger charge is -2.37. The van der Waals surface area contributed by atoms with Gasteiger partial charge in [-0.15, -0.1) is 10.2 Å². The molecule has 6 nitrogen and oxygen atoms in total. The summed E-state index contributed by atoms with van der Waals surface area (Å²) >= 11 is 2.26. The highest BCUT2D eigenvalue weighted by atomic mass is 127. The Kier molecular flexibility index (Phi) is 6.52. The molecule has 154 valence electrons. The molecule has 0 aliphatic carbocycles. The predicted octanol–water partition coefficient (Wildman–Crippen LogP) is 3.81. The minimum absolute atomic E-state index is 0.109. The van der Waals surface area contributed by atoms with Crippen molar-refractivity contribution in [2.45, 2.75) is 38.6 Å². The van der Waals surface area contributed by atoms with Crippen molar-refractivity contribution in [1.29, 1.82) is 0 Å². The van der Waals surface area contributed by atoms with Crippen LogP contribution in [0.15, 0.2) is 36.4 Å². The number of piperazine rings is 1. The van der Waals surface area contributed by atoms with Crippen LogP contribution in [0.4, 0.5) is 11.6 Å². The van der Waals surface area contributed by atoms with Gasteiger partial charge in [0.25, 0.3) is 5.91 Å². The van der Waals surface area contributed by atoms with E-state index in [4.69, 9.17) is 0 Å². The number of hydrogen-bond donors (Lipinski definition) is 0. The summed E-state index contributed by atoms with van der Waals surface area (Å²) in [5, 5.41) is 9.05. The monoisotopic (exact) mass is 505 g/mol. The van der Waals surface area contributed by atoms with Crippen molar-refractivity contribution in [1.82, 2.24) is 15.1 Å². The SMILES string of the molecule is CCC1CCCCN1c1ccc(N2CCN(C(=O)c3ccc(I)cc3)CC2)nn1. The first-order chi connectivity index (χ1) is 14.2. The van der Waals surface area contributed by atoms with Crippen LogP contribution in [0.25, 0.3) is 0 Å². The van der Waals surface area contributed by atoms with E-state index in [2.05, 4.69) is 61.6 Å². The second kappa shape index (κ2) is 9.28. The van der Waals surface area contributed by atoms with E-state index in [1.807, 2.05) is 29.2 Å². The van der Waals surface area contributed by atoms with Crippen molar-refractivity contribution in [2.24, 2.45) is 0 Å². The first-order valence-corrected chi connectivity index (χ1v) is 11.6. The Bertz CT molecular complexity index is 818. The van der Waals surface area contributed by atoms with Gasteiger partial charge in [-0.2, -0.15) is 0 Å². The van der Waals surface area contributed by atoms with Crippen LogP contribution in [0.3, 0.4) is 0 Å². The molecular formula is C22H28IN5O. The third-order valence-corrected chi connectivity index (χ3v) is 6.73. The zero-order valence-electron chi connectivity index (χ0n) is 16.9. The van der Waals surface area contributed by atoms with E-state index in [1.54, 1.807) is 0 Å². The highest BCUT2D eigenvalue weighted by molar-refractivity contribution is 14.1. The van der Waals surface area contributed by atoms with Crippen LogP contribution in [0.2, 0.25) is 0 Å². The number of anilines is 2.